The number of hydrogen-bond donors (Lipinski definition) is 1. The van der Waals surface area contributed by atoms with Gasteiger partial charge in [0.1, 0.15) is 10.0 Å². The Hall–Kier alpha value is -1.87. The standard InChI is InChI=1S/C14H22N4O4S/c1-9-7-17(5-6-18(9)14(20)21)12-11(13(19)22-4)15-10(23-12)8-16(2)3/h9H,5-8H2,1-4H3,(H,20,21)/t9-/m1/s1. The average Bonchev–Trinajstić information content (AvgIpc) is 2.88. The summed E-state index contributed by atoms with van der Waals surface area (Å²) in [6.45, 7) is 3.96. The molecule has 23 heavy (non-hydrogen) atoms. The Morgan fingerprint density at radius 3 is 2.65 bits per heavy atom. The molecular formula is C14H22N4O4S. The number of hydrogen-bond acceptors (Lipinski definition) is 7. The molecule has 0 radical (unpaired) electrons. The molecule has 1 N–H and O–H groups in total. The van der Waals surface area contributed by atoms with E-state index in [0.717, 1.165) is 10.0 Å². The first-order valence-electron chi connectivity index (χ1n) is 7.30. The number of esters is 1. The summed E-state index contributed by atoms with van der Waals surface area (Å²) in [5.74, 6) is -0.463. The molecule has 0 aromatic carbocycles. The van der Waals surface area contributed by atoms with Gasteiger partial charge in [-0.3, -0.25) is 0 Å². The van der Waals surface area contributed by atoms with Gasteiger partial charge in [-0.05, 0) is 21.0 Å². The molecule has 1 saturated heterocycles. The Morgan fingerprint density at radius 2 is 2.13 bits per heavy atom. The number of carbonyl (C=O) groups excluding carboxylic acids is 1. The lowest BCUT2D eigenvalue weighted by Crippen LogP contribution is -2.53. The van der Waals surface area contributed by atoms with Crippen molar-refractivity contribution in [1.29, 1.82) is 0 Å². The number of aromatic nitrogens is 1. The number of thiazole rings is 1. The number of ether oxygens (including phenoxy) is 1. The number of piperazine rings is 1. The van der Waals surface area contributed by atoms with Gasteiger partial charge in [-0.25, -0.2) is 14.6 Å². The lowest BCUT2D eigenvalue weighted by molar-refractivity contribution is 0.0594. The monoisotopic (exact) mass is 342 g/mol. The van der Waals surface area contributed by atoms with Crippen molar-refractivity contribution in [2.75, 3.05) is 45.7 Å². The average molecular weight is 342 g/mol. The van der Waals surface area contributed by atoms with E-state index in [0.29, 0.717) is 31.9 Å². The van der Waals surface area contributed by atoms with E-state index in [1.54, 1.807) is 0 Å². The third-order valence-electron chi connectivity index (χ3n) is 3.64. The molecular weight excluding hydrogens is 320 g/mol. The van der Waals surface area contributed by atoms with Gasteiger partial charge < -0.3 is 24.5 Å². The second-order valence-electron chi connectivity index (χ2n) is 5.76. The van der Waals surface area contributed by atoms with Crippen LogP contribution < -0.4 is 4.90 Å². The maximum Gasteiger partial charge on any atom is 0.407 e. The molecule has 2 rings (SSSR count). The minimum atomic E-state index is -0.914. The fourth-order valence-electron chi connectivity index (χ4n) is 2.56. The van der Waals surface area contributed by atoms with Crippen molar-refractivity contribution in [3.8, 4) is 0 Å². The van der Waals surface area contributed by atoms with Gasteiger partial charge in [0, 0.05) is 32.2 Å². The van der Waals surface area contributed by atoms with Crippen LogP contribution >= 0.6 is 11.3 Å². The lowest BCUT2D eigenvalue weighted by Gasteiger charge is -2.38. The normalized spacial score (nSPS) is 18.4. The van der Waals surface area contributed by atoms with Crippen LogP contribution in [0.4, 0.5) is 9.80 Å². The summed E-state index contributed by atoms with van der Waals surface area (Å²) in [6.07, 6.45) is -0.914. The molecule has 0 bridgehead atoms. The highest BCUT2D eigenvalue weighted by Crippen LogP contribution is 2.31. The first-order chi connectivity index (χ1) is 10.8. The molecule has 2 heterocycles. The Morgan fingerprint density at radius 1 is 1.43 bits per heavy atom. The molecule has 8 nitrogen and oxygen atoms in total. The number of nitrogens with zero attached hydrogens (tertiary/aromatic N) is 4. The number of carbonyl (C=O) groups is 2. The van der Waals surface area contributed by atoms with Crippen LogP contribution in [0.3, 0.4) is 0 Å². The van der Waals surface area contributed by atoms with Crippen LogP contribution in [0.1, 0.15) is 22.4 Å². The van der Waals surface area contributed by atoms with Crippen LogP contribution in [0.5, 0.6) is 0 Å². The SMILES string of the molecule is COC(=O)c1nc(CN(C)C)sc1N1CCN(C(=O)O)[C@H](C)C1. The van der Waals surface area contributed by atoms with E-state index in [9.17, 15) is 9.59 Å². The first kappa shape index (κ1) is 17.5. The Kier molecular flexibility index (Phi) is 5.42. The summed E-state index contributed by atoms with van der Waals surface area (Å²) in [5, 5.41) is 10.8. The third-order valence-corrected chi connectivity index (χ3v) is 4.75. The Balaban J connectivity index is 2.25. The van der Waals surface area contributed by atoms with Crippen LogP contribution in [0.2, 0.25) is 0 Å². The van der Waals surface area contributed by atoms with E-state index in [2.05, 4.69) is 4.98 Å². The number of anilines is 1. The molecule has 128 valence electrons. The summed E-state index contributed by atoms with van der Waals surface area (Å²) in [6, 6.07) is -0.147. The van der Waals surface area contributed by atoms with E-state index in [1.807, 2.05) is 30.8 Å². The smallest absolute Gasteiger partial charge is 0.407 e. The van der Waals surface area contributed by atoms with Gasteiger partial charge in [0.05, 0.1) is 7.11 Å². The zero-order chi connectivity index (χ0) is 17.1. The molecule has 1 aliphatic rings. The van der Waals surface area contributed by atoms with E-state index >= 15 is 0 Å². The van der Waals surface area contributed by atoms with Crippen LogP contribution in [0, 0.1) is 0 Å². The Labute approximate surface area is 139 Å². The van der Waals surface area contributed by atoms with Crippen molar-refractivity contribution >= 4 is 28.4 Å². The number of rotatable bonds is 4. The minimum Gasteiger partial charge on any atom is -0.465 e. The Bertz CT molecular complexity index is 589. The zero-order valence-electron chi connectivity index (χ0n) is 13.8. The number of amides is 1. The molecule has 0 unspecified atom stereocenters. The molecule has 0 spiro atoms. The lowest BCUT2D eigenvalue weighted by atomic mass is 10.2. The quantitative estimate of drug-likeness (QED) is 0.822. The molecule has 1 atom stereocenters. The topological polar surface area (TPSA) is 86.2 Å². The summed E-state index contributed by atoms with van der Waals surface area (Å²) < 4.78 is 4.83. The van der Waals surface area contributed by atoms with E-state index in [-0.39, 0.29) is 6.04 Å². The van der Waals surface area contributed by atoms with Crippen molar-refractivity contribution < 1.29 is 19.4 Å². The van der Waals surface area contributed by atoms with Crippen LogP contribution in [0.25, 0.3) is 0 Å². The van der Waals surface area contributed by atoms with E-state index in [4.69, 9.17) is 9.84 Å². The van der Waals surface area contributed by atoms with Gasteiger partial charge >= 0.3 is 12.1 Å². The highest BCUT2D eigenvalue weighted by Gasteiger charge is 2.31. The number of methoxy groups -OCH3 is 1. The highest BCUT2D eigenvalue weighted by molar-refractivity contribution is 7.16. The highest BCUT2D eigenvalue weighted by atomic mass is 32.1. The summed E-state index contributed by atoms with van der Waals surface area (Å²) in [7, 11) is 5.21. The van der Waals surface area contributed by atoms with Crippen molar-refractivity contribution in [3.05, 3.63) is 10.7 Å². The largest absolute Gasteiger partial charge is 0.465 e. The van der Waals surface area contributed by atoms with Gasteiger partial charge in [0.25, 0.3) is 0 Å². The predicted molar refractivity (Wildman–Crippen MR) is 87.3 cm³/mol. The molecule has 1 aromatic rings. The fourth-order valence-corrected chi connectivity index (χ4v) is 3.77. The van der Waals surface area contributed by atoms with Gasteiger partial charge in [-0.2, -0.15) is 0 Å². The van der Waals surface area contributed by atoms with Gasteiger partial charge in [-0.15, -0.1) is 0 Å². The minimum absolute atomic E-state index is 0.147. The molecule has 1 amide bonds. The van der Waals surface area contributed by atoms with Crippen molar-refractivity contribution in [1.82, 2.24) is 14.8 Å². The second-order valence-corrected chi connectivity index (χ2v) is 6.82. The van der Waals surface area contributed by atoms with Crippen LogP contribution in [0.15, 0.2) is 0 Å². The molecule has 0 saturated carbocycles. The maximum atomic E-state index is 12.0. The third kappa shape index (κ3) is 3.91. The molecule has 1 aliphatic heterocycles. The zero-order valence-corrected chi connectivity index (χ0v) is 14.6. The molecule has 0 aliphatic carbocycles. The van der Waals surface area contributed by atoms with Crippen molar-refractivity contribution in [2.24, 2.45) is 0 Å². The van der Waals surface area contributed by atoms with E-state index in [1.165, 1.54) is 23.3 Å². The van der Waals surface area contributed by atoms with Crippen molar-refractivity contribution in [2.45, 2.75) is 19.5 Å². The predicted octanol–water partition coefficient (Wildman–Crippen LogP) is 1.18. The van der Waals surface area contributed by atoms with E-state index < -0.39 is 12.1 Å². The number of carboxylic acid groups (broad SMARTS) is 1. The van der Waals surface area contributed by atoms with Crippen LogP contribution in [-0.2, 0) is 11.3 Å². The molecule has 9 heteroatoms. The summed E-state index contributed by atoms with van der Waals surface area (Å²) in [4.78, 5) is 33.0. The van der Waals surface area contributed by atoms with Gasteiger partial charge in [0.15, 0.2) is 5.69 Å². The van der Waals surface area contributed by atoms with Crippen LogP contribution in [-0.4, -0.2) is 78.8 Å². The first-order valence-corrected chi connectivity index (χ1v) is 8.12. The second kappa shape index (κ2) is 7.14. The summed E-state index contributed by atoms with van der Waals surface area (Å²) in [5.41, 5.74) is 0.310. The summed E-state index contributed by atoms with van der Waals surface area (Å²) >= 11 is 1.46. The molecule has 1 fully saturated rings. The van der Waals surface area contributed by atoms with Gasteiger partial charge in [-0.1, -0.05) is 11.3 Å². The molecule has 1 aromatic heterocycles. The fraction of sp³-hybridized carbons (Fsp3) is 0.643. The van der Waals surface area contributed by atoms with Gasteiger partial charge in [0.2, 0.25) is 0 Å². The maximum absolute atomic E-state index is 12.0. The van der Waals surface area contributed by atoms with Crippen molar-refractivity contribution in [3.63, 3.8) is 0 Å².